The van der Waals surface area contributed by atoms with Gasteiger partial charge in [0.05, 0.1) is 8.39 Å². The van der Waals surface area contributed by atoms with Crippen LogP contribution in [0.1, 0.15) is 38.5 Å². The summed E-state index contributed by atoms with van der Waals surface area (Å²) >= 11 is 14.3. The average Bonchev–Trinajstić information content (AvgIpc) is 3.19. The van der Waals surface area contributed by atoms with E-state index < -0.39 is 0 Å². The lowest BCUT2D eigenvalue weighted by atomic mass is 10.2. The molecule has 0 bridgehead atoms. The topological polar surface area (TPSA) is 24.1 Å². The van der Waals surface area contributed by atoms with Gasteiger partial charge in [-0.3, -0.25) is 0 Å². The predicted molar refractivity (Wildman–Crippen MR) is 110 cm³/mol. The Bertz CT molecular complexity index is 462. The SMILES string of the molecule is CSC(=S)C1=C(NCCNC2=C(C(=S)SC)CCC2)CCC1. The van der Waals surface area contributed by atoms with Crippen LogP contribution >= 0.6 is 48.0 Å². The maximum absolute atomic E-state index is 5.44. The molecule has 0 radical (unpaired) electrons. The van der Waals surface area contributed by atoms with Gasteiger partial charge >= 0.3 is 0 Å². The van der Waals surface area contributed by atoms with E-state index in [9.17, 15) is 0 Å². The van der Waals surface area contributed by atoms with Crippen LogP contribution < -0.4 is 10.6 Å². The van der Waals surface area contributed by atoms with E-state index in [1.165, 1.54) is 35.4 Å². The van der Waals surface area contributed by atoms with Crippen molar-refractivity contribution in [1.82, 2.24) is 10.6 Å². The van der Waals surface area contributed by atoms with Gasteiger partial charge in [0.1, 0.15) is 0 Å². The zero-order valence-corrected chi connectivity index (χ0v) is 16.6. The van der Waals surface area contributed by atoms with E-state index in [0.717, 1.165) is 47.2 Å². The Balaban J connectivity index is 1.82. The number of hydrogen-bond donors (Lipinski definition) is 2. The van der Waals surface area contributed by atoms with Crippen molar-refractivity contribution in [2.45, 2.75) is 38.5 Å². The molecule has 0 amide bonds. The van der Waals surface area contributed by atoms with Gasteiger partial charge in [-0.25, -0.2) is 0 Å². The molecule has 0 heterocycles. The van der Waals surface area contributed by atoms with Gasteiger partial charge in [0.15, 0.2) is 0 Å². The highest BCUT2D eigenvalue weighted by Crippen LogP contribution is 2.29. The van der Waals surface area contributed by atoms with Crippen molar-refractivity contribution in [3.8, 4) is 0 Å². The lowest BCUT2D eigenvalue weighted by Gasteiger charge is -2.14. The molecule has 0 atom stereocenters. The Labute approximate surface area is 153 Å². The molecular weight excluding hydrogens is 348 g/mol. The lowest BCUT2D eigenvalue weighted by Crippen LogP contribution is -2.27. The van der Waals surface area contributed by atoms with E-state index >= 15 is 0 Å². The molecule has 0 aromatic carbocycles. The molecule has 122 valence electrons. The van der Waals surface area contributed by atoms with Gasteiger partial charge in [-0.15, -0.1) is 23.5 Å². The molecule has 0 unspecified atom stereocenters. The maximum atomic E-state index is 5.44. The van der Waals surface area contributed by atoms with Crippen LogP contribution in [-0.2, 0) is 0 Å². The normalized spacial score (nSPS) is 18.1. The predicted octanol–water partition coefficient (Wildman–Crippen LogP) is 4.42. The van der Waals surface area contributed by atoms with Gasteiger partial charge in [-0.05, 0) is 62.2 Å². The van der Waals surface area contributed by atoms with Crippen LogP contribution in [0.4, 0.5) is 0 Å². The van der Waals surface area contributed by atoms with Crippen LogP contribution in [0.25, 0.3) is 0 Å². The summed E-state index contributed by atoms with van der Waals surface area (Å²) in [6.45, 7) is 1.89. The van der Waals surface area contributed by atoms with Crippen LogP contribution in [0.2, 0.25) is 0 Å². The Morgan fingerprint density at radius 2 is 1.23 bits per heavy atom. The Kier molecular flexibility index (Phi) is 7.74. The van der Waals surface area contributed by atoms with Gasteiger partial charge in [0, 0.05) is 24.5 Å². The van der Waals surface area contributed by atoms with Gasteiger partial charge in [0.2, 0.25) is 0 Å². The van der Waals surface area contributed by atoms with Crippen molar-refractivity contribution < 1.29 is 0 Å². The number of rotatable bonds is 7. The van der Waals surface area contributed by atoms with Gasteiger partial charge in [0.25, 0.3) is 0 Å². The number of hydrogen-bond acceptors (Lipinski definition) is 6. The molecule has 0 aromatic rings. The summed E-state index contributed by atoms with van der Waals surface area (Å²) in [6, 6.07) is 0. The van der Waals surface area contributed by atoms with Crippen LogP contribution in [0.5, 0.6) is 0 Å². The molecule has 0 spiro atoms. The van der Waals surface area contributed by atoms with Crippen LogP contribution in [0.15, 0.2) is 22.5 Å². The Hall–Kier alpha value is -0.0400. The molecular formula is C16H24N2S4. The van der Waals surface area contributed by atoms with Gasteiger partial charge in [-0.2, -0.15) is 0 Å². The summed E-state index contributed by atoms with van der Waals surface area (Å²) in [4.78, 5) is 0. The zero-order chi connectivity index (χ0) is 15.9. The number of thioether (sulfide) groups is 2. The van der Waals surface area contributed by atoms with E-state index in [1.54, 1.807) is 23.5 Å². The van der Waals surface area contributed by atoms with Gasteiger partial charge < -0.3 is 10.6 Å². The van der Waals surface area contributed by atoms with Crippen molar-refractivity contribution in [1.29, 1.82) is 0 Å². The fourth-order valence-electron chi connectivity index (χ4n) is 3.00. The average molecular weight is 373 g/mol. The van der Waals surface area contributed by atoms with E-state index in [-0.39, 0.29) is 0 Å². The smallest absolute Gasteiger partial charge is 0.0752 e. The molecule has 2 aliphatic rings. The zero-order valence-electron chi connectivity index (χ0n) is 13.3. The molecule has 0 aliphatic heterocycles. The maximum Gasteiger partial charge on any atom is 0.0752 e. The molecule has 6 heteroatoms. The molecule has 0 aromatic heterocycles. The van der Waals surface area contributed by atoms with Gasteiger partial charge in [-0.1, -0.05) is 24.4 Å². The first-order chi connectivity index (χ1) is 10.7. The van der Waals surface area contributed by atoms with Crippen molar-refractivity contribution >= 4 is 56.4 Å². The van der Waals surface area contributed by atoms with Crippen molar-refractivity contribution in [3.63, 3.8) is 0 Å². The minimum atomic E-state index is 0.943. The minimum Gasteiger partial charge on any atom is -0.386 e. The van der Waals surface area contributed by atoms with E-state index in [2.05, 4.69) is 23.1 Å². The van der Waals surface area contributed by atoms with Crippen LogP contribution in [-0.4, -0.2) is 34.0 Å². The summed E-state index contributed by atoms with van der Waals surface area (Å²) in [5.74, 6) is 0. The highest BCUT2D eigenvalue weighted by atomic mass is 32.2. The number of allylic oxidation sites excluding steroid dienone is 2. The molecule has 2 aliphatic carbocycles. The second-order valence-corrected chi connectivity index (χ2v) is 8.42. The third kappa shape index (κ3) is 4.73. The Morgan fingerprint density at radius 3 is 1.59 bits per heavy atom. The monoisotopic (exact) mass is 372 g/mol. The van der Waals surface area contributed by atoms with Crippen molar-refractivity contribution in [3.05, 3.63) is 22.5 Å². The number of nitrogens with one attached hydrogen (secondary N) is 2. The number of thiocarbonyl (C=S) groups is 2. The summed E-state index contributed by atoms with van der Waals surface area (Å²) in [6.07, 6.45) is 11.1. The molecule has 22 heavy (non-hydrogen) atoms. The summed E-state index contributed by atoms with van der Waals surface area (Å²) in [5, 5.41) is 7.17. The van der Waals surface area contributed by atoms with Crippen molar-refractivity contribution in [2.24, 2.45) is 0 Å². The fourth-order valence-corrected chi connectivity index (χ4v) is 4.40. The first-order valence-electron chi connectivity index (χ1n) is 7.75. The standard InChI is InChI=1S/C16H24N2S4/c1-21-15(19)11-5-3-7-13(11)17-9-10-18-14-8-4-6-12(14)16(20)22-2/h17-18H,3-10H2,1-2H3. The van der Waals surface area contributed by atoms with E-state index in [1.807, 2.05) is 0 Å². The van der Waals surface area contributed by atoms with Crippen LogP contribution in [0.3, 0.4) is 0 Å². The second-order valence-electron chi connectivity index (χ2n) is 5.46. The molecule has 2 nitrogen and oxygen atoms in total. The van der Waals surface area contributed by atoms with Crippen LogP contribution in [0, 0.1) is 0 Å². The van der Waals surface area contributed by atoms with Crippen molar-refractivity contribution in [2.75, 3.05) is 25.6 Å². The third-order valence-corrected chi connectivity index (χ3v) is 6.83. The third-order valence-electron chi connectivity index (χ3n) is 4.10. The first-order valence-corrected chi connectivity index (χ1v) is 11.0. The summed E-state index contributed by atoms with van der Waals surface area (Å²) < 4.78 is 2.11. The fraction of sp³-hybridized carbons (Fsp3) is 0.625. The largest absolute Gasteiger partial charge is 0.386 e. The van der Waals surface area contributed by atoms with E-state index in [4.69, 9.17) is 24.4 Å². The highest BCUT2D eigenvalue weighted by Gasteiger charge is 2.19. The molecule has 0 saturated heterocycles. The minimum absolute atomic E-state index is 0.943. The quantitative estimate of drug-likeness (QED) is 0.507. The second kappa shape index (κ2) is 9.30. The lowest BCUT2D eigenvalue weighted by molar-refractivity contribution is 0.685. The Morgan fingerprint density at radius 1 is 0.818 bits per heavy atom. The first kappa shape index (κ1) is 18.3. The molecule has 0 saturated carbocycles. The summed E-state index contributed by atoms with van der Waals surface area (Å²) in [5.41, 5.74) is 5.46. The molecule has 0 fully saturated rings. The summed E-state index contributed by atoms with van der Waals surface area (Å²) in [7, 11) is 0. The van der Waals surface area contributed by atoms with E-state index in [0.29, 0.717) is 0 Å². The molecule has 2 N–H and O–H groups in total. The molecule has 2 rings (SSSR count). The highest BCUT2D eigenvalue weighted by molar-refractivity contribution is 8.23.